The van der Waals surface area contributed by atoms with E-state index in [1.54, 1.807) is 0 Å². The van der Waals surface area contributed by atoms with Gasteiger partial charge in [-0.15, -0.1) is 0 Å². The van der Waals surface area contributed by atoms with E-state index in [1.165, 1.54) is 55.6 Å². The Bertz CT molecular complexity index is 3610. The van der Waals surface area contributed by atoms with Crippen molar-refractivity contribution in [3.8, 4) is 84.6 Å². The minimum Gasteiger partial charge on any atom is -0.292 e. The van der Waals surface area contributed by atoms with Gasteiger partial charge < -0.3 is 0 Å². The maximum Gasteiger partial charge on any atom is 0.164 e. The van der Waals surface area contributed by atoms with Crippen LogP contribution in [0.25, 0.3) is 95.7 Å². The SMILES string of the molecule is Cc1ccc(-c2nc(-c3ccc(C)cc3)nc(-c3ccc4c(c3)C3(c5ccccc5-c5ccccc53)c3cc(-c5ccccc5-c5nc6ccccc6n5-c5ccccc5)ccc3-4)n2)cc1. The predicted octanol–water partition coefficient (Wildman–Crippen LogP) is 14.5. The minimum absolute atomic E-state index is 0.609. The van der Waals surface area contributed by atoms with E-state index in [-0.39, 0.29) is 0 Å². The molecule has 5 heteroatoms. The van der Waals surface area contributed by atoms with Gasteiger partial charge in [-0.05, 0) is 106 Å². The molecule has 0 aliphatic heterocycles. The fourth-order valence-electron chi connectivity index (χ4n) is 10.6. The number of nitrogens with zero attached hydrogens (tertiary/aromatic N) is 5. The first-order valence-corrected chi connectivity index (χ1v) is 22.5. The fraction of sp³-hybridized carbons (Fsp3) is 0.0492. The quantitative estimate of drug-likeness (QED) is 0.167. The summed E-state index contributed by atoms with van der Waals surface area (Å²) < 4.78 is 2.29. The molecule has 0 radical (unpaired) electrons. The lowest BCUT2D eigenvalue weighted by molar-refractivity contribution is 0.794. The predicted molar refractivity (Wildman–Crippen MR) is 267 cm³/mol. The van der Waals surface area contributed by atoms with Crippen molar-refractivity contribution in [2.75, 3.05) is 0 Å². The smallest absolute Gasteiger partial charge is 0.164 e. The third-order valence-electron chi connectivity index (χ3n) is 13.7. The third-order valence-corrected chi connectivity index (χ3v) is 13.7. The van der Waals surface area contributed by atoms with E-state index >= 15 is 0 Å². The number of aryl methyl sites for hydroxylation is 2. The molecule has 0 saturated heterocycles. The Morgan fingerprint density at radius 1 is 0.333 bits per heavy atom. The second-order valence-electron chi connectivity index (χ2n) is 17.5. The Balaban J connectivity index is 1.04. The maximum atomic E-state index is 5.32. The second-order valence-corrected chi connectivity index (χ2v) is 17.5. The fourth-order valence-corrected chi connectivity index (χ4v) is 10.6. The first-order valence-electron chi connectivity index (χ1n) is 22.5. The number of fused-ring (bicyclic) bond motifs is 11. The first-order chi connectivity index (χ1) is 32.5. The number of hydrogen-bond acceptors (Lipinski definition) is 4. The van der Waals surface area contributed by atoms with Gasteiger partial charge in [0.15, 0.2) is 17.5 Å². The summed E-state index contributed by atoms with van der Waals surface area (Å²) in [5.74, 6) is 2.84. The van der Waals surface area contributed by atoms with Gasteiger partial charge in [0.25, 0.3) is 0 Å². The molecule has 66 heavy (non-hydrogen) atoms. The van der Waals surface area contributed by atoms with Crippen LogP contribution in [0.5, 0.6) is 0 Å². The Kier molecular flexibility index (Phi) is 8.49. The number of hydrogen-bond donors (Lipinski definition) is 0. The van der Waals surface area contributed by atoms with Gasteiger partial charge in [-0.25, -0.2) is 19.9 Å². The van der Waals surface area contributed by atoms with Crippen LogP contribution in [0.4, 0.5) is 0 Å². The highest BCUT2D eigenvalue weighted by Crippen LogP contribution is 2.63. The zero-order valence-electron chi connectivity index (χ0n) is 36.4. The molecular weight excluding hydrogens is 803 g/mol. The highest BCUT2D eigenvalue weighted by atomic mass is 15.1. The first kappa shape index (κ1) is 38.0. The molecule has 0 atom stereocenters. The minimum atomic E-state index is -0.609. The topological polar surface area (TPSA) is 56.5 Å². The molecule has 0 bridgehead atoms. The summed E-state index contributed by atoms with van der Waals surface area (Å²) in [7, 11) is 0. The van der Waals surface area contributed by atoms with Crippen molar-refractivity contribution >= 4 is 11.0 Å². The summed E-state index contributed by atoms with van der Waals surface area (Å²) in [5.41, 5.74) is 21.0. The lowest BCUT2D eigenvalue weighted by Gasteiger charge is -2.31. The molecule has 11 aromatic rings. The summed E-state index contributed by atoms with van der Waals surface area (Å²) in [6.07, 6.45) is 0. The van der Waals surface area contributed by atoms with Crippen LogP contribution in [0.15, 0.2) is 212 Å². The van der Waals surface area contributed by atoms with Crippen LogP contribution in [0.2, 0.25) is 0 Å². The molecule has 310 valence electrons. The number of rotatable bonds is 6. The van der Waals surface area contributed by atoms with E-state index in [9.17, 15) is 0 Å². The molecule has 5 nitrogen and oxygen atoms in total. The normalized spacial score (nSPS) is 12.8. The van der Waals surface area contributed by atoms with E-state index in [4.69, 9.17) is 19.9 Å². The molecule has 13 rings (SSSR count). The van der Waals surface area contributed by atoms with Crippen LogP contribution in [0.1, 0.15) is 33.4 Å². The van der Waals surface area contributed by atoms with Crippen LogP contribution < -0.4 is 0 Å². The van der Waals surface area contributed by atoms with Crippen LogP contribution >= 0.6 is 0 Å². The molecule has 2 aliphatic rings. The van der Waals surface area contributed by atoms with Crippen LogP contribution in [-0.2, 0) is 5.41 Å². The van der Waals surface area contributed by atoms with Gasteiger partial charge in [-0.2, -0.15) is 0 Å². The zero-order chi connectivity index (χ0) is 43.9. The standard InChI is InChI=1S/C61H41N5/c1-38-24-28-40(29-25-38)57-63-58(41-30-26-39(2)27-31-41)65-59(64-57)43-33-35-49-48-34-32-42(36-53(48)61(54(49)37-43)51-20-10-8-17-46(51)47-18-9-11-21-52(47)61)45-16-6-7-19-50(45)60-62-55-22-12-13-23-56(55)66(60)44-14-4-3-5-15-44/h3-37H,1-2H3. The maximum absolute atomic E-state index is 5.32. The number of para-hydroxylation sites is 3. The van der Waals surface area contributed by atoms with E-state index in [0.717, 1.165) is 55.9 Å². The van der Waals surface area contributed by atoms with Crippen molar-refractivity contribution in [1.82, 2.24) is 24.5 Å². The van der Waals surface area contributed by atoms with Crippen molar-refractivity contribution in [3.05, 3.63) is 246 Å². The molecule has 2 aromatic heterocycles. The molecule has 2 aliphatic carbocycles. The van der Waals surface area contributed by atoms with Crippen molar-refractivity contribution in [2.24, 2.45) is 0 Å². The zero-order valence-corrected chi connectivity index (χ0v) is 36.4. The molecule has 0 fully saturated rings. The molecule has 0 N–H and O–H groups in total. The Morgan fingerprint density at radius 3 is 1.38 bits per heavy atom. The van der Waals surface area contributed by atoms with Gasteiger partial charge in [-0.1, -0.05) is 187 Å². The number of imidazole rings is 1. The van der Waals surface area contributed by atoms with Crippen molar-refractivity contribution < 1.29 is 0 Å². The van der Waals surface area contributed by atoms with Crippen molar-refractivity contribution in [2.45, 2.75) is 19.3 Å². The molecule has 0 saturated carbocycles. The van der Waals surface area contributed by atoms with Gasteiger partial charge in [0.05, 0.1) is 16.4 Å². The average molecular weight is 844 g/mol. The van der Waals surface area contributed by atoms with Gasteiger partial charge >= 0.3 is 0 Å². The third kappa shape index (κ3) is 5.73. The van der Waals surface area contributed by atoms with E-state index in [1.807, 2.05) is 0 Å². The van der Waals surface area contributed by atoms with E-state index in [2.05, 4.69) is 231 Å². The Morgan fingerprint density at radius 2 is 0.773 bits per heavy atom. The Hall–Kier alpha value is -8.54. The van der Waals surface area contributed by atoms with E-state index in [0.29, 0.717) is 17.5 Å². The lowest BCUT2D eigenvalue weighted by atomic mass is 9.70. The van der Waals surface area contributed by atoms with Crippen molar-refractivity contribution in [3.63, 3.8) is 0 Å². The molecule has 0 amide bonds. The van der Waals surface area contributed by atoms with Gasteiger partial charge in [-0.3, -0.25) is 4.57 Å². The van der Waals surface area contributed by atoms with Crippen LogP contribution in [0, 0.1) is 13.8 Å². The Labute approximate surface area is 383 Å². The lowest BCUT2D eigenvalue weighted by Crippen LogP contribution is -2.26. The monoisotopic (exact) mass is 843 g/mol. The molecule has 0 unspecified atom stereocenters. The second kappa shape index (κ2) is 14.8. The van der Waals surface area contributed by atoms with Gasteiger partial charge in [0.1, 0.15) is 5.82 Å². The molecule has 2 heterocycles. The molecule has 9 aromatic carbocycles. The highest BCUT2D eigenvalue weighted by molar-refractivity contribution is 5.98. The summed E-state index contributed by atoms with van der Waals surface area (Å²) in [4.78, 5) is 20.9. The number of aromatic nitrogens is 5. The average Bonchev–Trinajstić information content (AvgIpc) is 4.01. The molecule has 1 spiro atoms. The van der Waals surface area contributed by atoms with Crippen molar-refractivity contribution in [1.29, 1.82) is 0 Å². The van der Waals surface area contributed by atoms with Crippen LogP contribution in [-0.4, -0.2) is 24.5 Å². The van der Waals surface area contributed by atoms with Gasteiger partial charge in [0.2, 0.25) is 0 Å². The van der Waals surface area contributed by atoms with E-state index < -0.39 is 5.41 Å². The summed E-state index contributed by atoms with van der Waals surface area (Å²) in [5, 5.41) is 0. The summed E-state index contributed by atoms with van der Waals surface area (Å²) >= 11 is 0. The summed E-state index contributed by atoms with van der Waals surface area (Å²) in [6.45, 7) is 4.20. The van der Waals surface area contributed by atoms with Gasteiger partial charge in [0, 0.05) is 27.9 Å². The summed E-state index contributed by atoms with van der Waals surface area (Å²) in [6, 6.07) is 76.4. The number of benzene rings is 9. The highest BCUT2D eigenvalue weighted by Gasteiger charge is 2.52. The van der Waals surface area contributed by atoms with Crippen LogP contribution in [0.3, 0.4) is 0 Å². The largest absolute Gasteiger partial charge is 0.292 e. The molecular formula is C61H41N5.